The van der Waals surface area contributed by atoms with Gasteiger partial charge in [0.2, 0.25) is 10.0 Å². The summed E-state index contributed by atoms with van der Waals surface area (Å²) in [6.07, 6.45) is 0. The first-order valence-corrected chi connectivity index (χ1v) is 6.19. The van der Waals surface area contributed by atoms with Gasteiger partial charge in [-0.25, -0.2) is 17.2 Å². The van der Waals surface area contributed by atoms with E-state index < -0.39 is 32.6 Å². The fourth-order valence-corrected chi connectivity index (χ4v) is 1.81. The van der Waals surface area contributed by atoms with E-state index in [1.54, 1.807) is 0 Å². The van der Waals surface area contributed by atoms with Gasteiger partial charge in [-0.05, 0) is 25.5 Å². The van der Waals surface area contributed by atoms with Crippen molar-refractivity contribution in [1.29, 1.82) is 5.26 Å². The molecule has 0 radical (unpaired) electrons. The van der Waals surface area contributed by atoms with Crippen molar-refractivity contribution in [3.05, 3.63) is 29.3 Å². The summed E-state index contributed by atoms with van der Waals surface area (Å²) in [4.78, 5) is 0. The summed E-state index contributed by atoms with van der Waals surface area (Å²) >= 11 is 0. The third-order valence-electron chi connectivity index (χ3n) is 2.15. The van der Waals surface area contributed by atoms with Gasteiger partial charge >= 0.3 is 0 Å². The molecule has 0 spiro atoms. The van der Waals surface area contributed by atoms with Crippen molar-refractivity contribution < 1.29 is 17.2 Å². The maximum atomic E-state index is 13.4. The lowest BCUT2D eigenvalue weighted by atomic mass is 10.2. The highest BCUT2D eigenvalue weighted by Crippen LogP contribution is 2.20. The van der Waals surface area contributed by atoms with Gasteiger partial charge in [0.1, 0.15) is 11.6 Å². The predicted molar refractivity (Wildman–Crippen MR) is 58.7 cm³/mol. The molecule has 0 aliphatic heterocycles. The van der Waals surface area contributed by atoms with Crippen LogP contribution >= 0.6 is 0 Å². The first-order chi connectivity index (χ1) is 7.77. The van der Waals surface area contributed by atoms with Crippen molar-refractivity contribution in [2.75, 3.05) is 4.72 Å². The van der Waals surface area contributed by atoms with E-state index in [2.05, 4.69) is 0 Å². The second-order valence-corrected chi connectivity index (χ2v) is 5.50. The molecule has 1 aromatic rings. The summed E-state index contributed by atoms with van der Waals surface area (Å²) in [7, 11) is -4.03. The fourth-order valence-electron chi connectivity index (χ4n) is 1.04. The number of nitrogens with one attached hydrogen (secondary N) is 1. The fraction of sp³-hybridized carbons (Fsp3) is 0.300. The molecule has 0 aliphatic rings. The molecule has 1 N–H and O–H groups in total. The number of anilines is 1. The lowest BCUT2D eigenvalue weighted by Gasteiger charge is -2.10. The molecule has 92 valence electrons. The van der Waals surface area contributed by atoms with Crippen LogP contribution in [0, 0.1) is 29.9 Å². The highest BCUT2D eigenvalue weighted by molar-refractivity contribution is 7.93. The van der Waals surface area contributed by atoms with Crippen molar-refractivity contribution in [2.45, 2.75) is 19.1 Å². The molecule has 1 atom stereocenters. The molecule has 17 heavy (non-hydrogen) atoms. The van der Waals surface area contributed by atoms with Gasteiger partial charge in [-0.3, -0.25) is 4.72 Å². The Morgan fingerprint density at radius 2 is 1.94 bits per heavy atom. The number of sulfonamides is 1. The Morgan fingerprint density at radius 1 is 1.35 bits per heavy atom. The van der Waals surface area contributed by atoms with Crippen LogP contribution in [0.2, 0.25) is 0 Å². The zero-order valence-corrected chi connectivity index (χ0v) is 9.98. The number of halogens is 2. The molecule has 0 aromatic heterocycles. The maximum absolute atomic E-state index is 13.4. The third kappa shape index (κ3) is 2.91. The lowest BCUT2D eigenvalue weighted by Crippen LogP contribution is -2.24. The molecule has 0 aliphatic carbocycles. The molecule has 1 unspecified atom stereocenters. The van der Waals surface area contributed by atoms with E-state index in [1.807, 2.05) is 4.72 Å². The molecule has 7 heteroatoms. The zero-order chi connectivity index (χ0) is 13.2. The standard InChI is InChI=1S/C10H10F2N2O2S/c1-6-3-9(12)10(4-8(6)11)14-17(15,16)7(2)5-13/h3-4,7,14H,1-2H3. The van der Waals surface area contributed by atoms with Crippen LogP contribution in [0.1, 0.15) is 12.5 Å². The second-order valence-electron chi connectivity index (χ2n) is 3.50. The molecule has 0 saturated carbocycles. The van der Waals surface area contributed by atoms with Crippen LogP contribution in [0.3, 0.4) is 0 Å². The minimum absolute atomic E-state index is 0.0683. The molecule has 4 nitrogen and oxygen atoms in total. The number of hydrogen-bond donors (Lipinski definition) is 1. The molecular weight excluding hydrogens is 250 g/mol. The van der Waals surface area contributed by atoms with E-state index in [1.165, 1.54) is 13.0 Å². The number of rotatable bonds is 3. The lowest BCUT2D eigenvalue weighted by molar-refractivity contribution is 0.588. The number of aryl methyl sites for hydroxylation is 1. The minimum atomic E-state index is -4.03. The van der Waals surface area contributed by atoms with Crippen molar-refractivity contribution in [2.24, 2.45) is 0 Å². The van der Waals surface area contributed by atoms with Crippen LogP contribution in [0.4, 0.5) is 14.5 Å². The molecule has 0 fully saturated rings. The van der Waals surface area contributed by atoms with E-state index in [0.29, 0.717) is 0 Å². The summed E-state index contributed by atoms with van der Waals surface area (Å²) in [5.41, 5.74) is -0.436. The maximum Gasteiger partial charge on any atom is 0.248 e. The van der Waals surface area contributed by atoms with Gasteiger partial charge < -0.3 is 0 Å². The number of nitrogens with zero attached hydrogens (tertiary/aromatic N) is 1. The monoisotopic (exact) mass is 260 g/mol. The van der Waals surface area contributed by atoms with Crippen LogP contribution in [-0.2, 0) is 10.0 Å². The topological polar surface area (TPSA) is 70.0 Å². The van der Waals surface area contributed by atoms with Crippen LogP contribution < -0.4 is 4.72 Å². The van der Waals surface area contributed by atoms with Gasteiger partial charge in [0.05, 0.1) is 11.8 Å². The highest BCUT2D eigenvalue weighted by atomic mass is 32.2. The molecule has 0 heterocycles. The Morgan fingerprint density at radius 3 is 2.47 bits per heavy atom. The molecule has 0 amide bonds. The van der Waals surface area contributed by atoms with E-state index >= 15 is 0 Å². The SMILES string of the molecule is Cc1cc(F)c(NS(=O)(=O)C(C)C#N)cc1F. The molecule has 1 aromatic carbocycles. The van der Waals surface area contributed by atoms with Crippen LogP contribution in [0.15, 0.2) is 12.1 Å². The quantitative estimate of drug-likeness (QED) is 0.902. The Kier molecular flexibility index (Phi) is 3.68. The van der Waals surface area contributed by atoms with Gasteiger partial charge in [0.25, 0.3) is 0 Å². The minimum Gasteiger partial charge on any atom is -0.279 e. The highest BCUT2D eigenvalue weighted by Gasteiger charge is 2.22. The molecule has 1 rings (SSSR count). The van der Waals surface area contributed by atoms with Gasteiger partial charge in [-0.15, -0.1) is 0 Å². The largest absolute Gasteiger partial charge is 0.279 e. The Hall–Kier alpha value is -1.68. The van der Waals surface area contributed by atoms with E-state index in [9.17, 15) is 17.2 Å². The van der Waals surface area contributed by atoms with E-state index in [-0.39, 0.29) is 5.56 Å². The Labute approximate surface area is 97.9 Å². The summed E-state index contributed by atoms with van der Waals surface area (Å²) in [5, 5.41) is 7.12. The van der Waals surface area contributed by atoms with Crippen LogP contribution in [0.5, 0.6) is 0 Å². The summed E-state index contributed by atoms with van der Waals surface area (Å²) < 4.78 is 51.3. The van der Waals surface area contributed by atoms with Crippen molar-refractivity contribution >= 4 is 15.7 Å². The number of hydrogen-bond acceptors (Lipinski definition) is 3. The van der Waals surface area contributed by atoms with Gasteiger partial charge in [-0.2, -0.15) is 5.26 Å². The number of nitriles is 1. The number of benzene rings is 1. The van der Waals surface area contributed by atoms with Crippen molar-refractivity contribution in [3.63, 3.8) is 0 Å². The first kappa shape index (κ1) is 13.4. The normalized spacial score (nSPS) is 12.9. The second kappa shape index (κ2) is 4.67. The van der Waals surface area contributed by atoms with E-state index in [0.717, 1.165) is 19.1 Å². The molecule has 0 bridgehead atoms. The Balaban J connectivity index is 3.14. The van der Waals surface area contributed by atoms with Crippen molar-refractivity contribution in [3.8, 4) is 6.07 Å². The predicted octanol–water partition coefficient (Wildman–Crippen LogP) is 1.93. The average Bonchev–Trinajstić information content (AvgIpc) is 2.24. The van der Waals surface area contributed by atoms with Crippen molar-refractivity contribution in [1.82, 2.24) is 0 Å². The Bertz CT molecular complexity index is 579. The van der Waals surface area contributed by atoms with Gasteiger partial charge in [0.15, 0.2) is 5.25 Å². The molecular formula is C10H10F2N2O2S. The summed E-state index contributed by atoms with van der Waals surface area (Å²) in [5.74, 6) is -1.62. The summed E-state index contributed by atoms with van der Waals surface area (Å²) in [6, 6.07) is 3.13. The molecule has 0 saturated heterocycles. The van der Waals surface area contributed by atoms with Gasteiger partial charge in [0, 0.05) is 6.07 Å². The van der Waals surface area contributed by atoms with Gasteiger partial charge in [-0.1, -0.05) is 0 Å². The first-order valence-electron chi connectivity index (χ1n) is 4.65. The smallest absolute Gasteiger partial charge is 0.248 e. The summed E-state index contributed by atoms with van der Waals surface area (Å²) in [6.45, 7) is 2.50. The van der Waals surface area contributed by atoms with Crippen LogP contribution in [0.25, 0.3) is 0 Å². The van der Waals surface area contributed by atoms with E-state index in [4.69, 9.17) is 5.26 Å². The third-order valence-corrected chi connectivity index (χ3v) is 3.69. The zero-order valence-electron chi connectivity index (χ0n) is 9.16. The van der Waals surface area contributed by atoms with Crippen LogP contribution in [-0.4, -0.2) is 13.7 Å². The average molecular weight is 260 g/mol.